The van der Waals surface area contributed by atoms with Gasteiger partial charge in [0.2, 0.25) is 0 Å². The first kappa shape index (κ1) is 13.8. The zero-order valence-electron chi connectivity index (χ0n) is 10.1. The van der Waals surface area contributed by atoms with Crippen LogP contribution in [0.4, 0.5) is 0 Å². The first-order valence-corrected chi connectivity index (χ1v) is 5.61. The lowest BCUT2D eigenvalue weighted by Gasteiger charge is -2.01. The maximum atomic E-state index is 11.5. The molecule has 1 rings (SSSR count). The minimum Gasteiger partial charge on any atom is -0.478 e. The molecule has 0 unspecified atom stereocenters. The van der Waals surface area contributed by atoms with Crippen molar-refractivity contribution in [1.82, 2.24) is 0 Å². The molecule has 0 saturated carbocycles. The van der Waals surface area contributed by atoms with Gasteiger partial charge in [-0.1, -0.05) is 18.8 Å². The Morgan fingerprint density at radius 1 is 1.17 bits per heavy atom. The molecule has 0 atom stereocenters. The Hall–Kier alpha value is -2.28. The van der Waals surface area contributed by atoms with E-state index in [-0.39, 0.29) is 12.2 Å². The number of esters is 1. The van der Waals surface area contributed by atoms with Crippen molar-refractivity contribution in [3.05, 3.63) is 35.4 Å². The number of hydrogen-bond acceptors (Lipinski definition) is 3. The van der Waals surface area contributed by atoms with Gasteiger partial charge in [-0.05, 0) is 30.7 Å². The van der Waals surface area contributed by atoms with Crippen LogP contribution in [0.3, 0.4) is 0 Å². The number of carbonyl (C=O) groups is 2. The highest BCUT2D eigenvalue weighted by atomic mass is 16.5. The molecule has 0 aliphatic heterocycles. The van der Waals surface area contributed by atoms with E-state index >= 15 is 0 Å². The quantitative estimate of drug-likeness (QED) is 0.654. The maximum Gasteiger partial charge on any atom is 0.339 e. The van der Waals surface area contributed by atoms with Crippen LogP contribution >= 0.6 is 0 Å². The first-order chi connectivity index (χ1) is 8.65. The molecular weight excluding hydrogens is 232 g/mol. The van der Waals surface area contributed by atoms with Gasteiger partial charge >= 0.3 is 11.9 Å². The molecule has 94 valence electrons. The van der Waals surface area contributed by atoms with Crippen molar-refractivity contribution in [2.45, 2.75) is 19.8 Å². The minimum absolute atomic E-state index is 0.0551. The second-order valence-electron chi connectivity index (χ2n) is 3.56. The van der Waals surface area contributed by atoms with Crippen molar-refractivity contribution < 1.29 is 19.4 Å². The van der Waals surface area contributed by atoms with E-state index in [1.165, 1.54) is 24.3 Å². The van der Waals surface area contributed by atoms with Crippen molar-refractivity contribution in [3.63, 3.8) is 0 Å². The van der Waals surface area contributed by atoms with Gasteiger partial charge in [0.1, 0.15) is 0 Å². The van der Waals surface area contributed by atoms with Crippen molar-refractivity contribution in [2.75, 3.05) is 6.61 Å². The summed E-state index contributed by atoms with van der Waals surface area (Å²) >= 11 is 0. The molecule has 0 amide bonds. The van der Waals surface area contributed by atoms with Gasteiger partial charge in [0.25, 0.3) is 0 Å². The summed E-state index contributed by atoms with van der Waals surface area (Å²) in [5.74, 6) is 4.06. The van der Waals surface area contributed by atoms with Crippen LogP contribution in [0, 0.1) is 11.8 Å². The molecule has 4 heteroatoms. The lowest BCUT2D eigenvalue weighted by Crippen LogP contribution is -2.06. The first-order valence-electron chi connectivity index (χ1n) is 5.61. The Balaban J connectivity index is 2.52. The fourth-order valence-corrected chi connectivity index (χ4v) is 1.20. The highest BCUT2D eigenvalue weighted by Gasteiger charge is 2.08. The van der Waals surface area contributed by atoms with Crippen LogP contribution < -0.4 is 0 Å². The van der Waals surface area contributed by atoms with Gasteiger partial charge in [-0.15, -0.1) is 0 Å². The van der Waals surface area contributed by atoms with Crippen LogP contribution in [0.2, 0.25) is 0 Å². The van der Waals surface area contributed by atoms with Gasteiger partial charge in [-0.25, -0.2) is 9.59 Å². The third-order valence-corrected chi connectivity index (χ3v) is 2.14. The highest BCUT2D eigenvalue weighted by Crippen LogP contribution is 2.05. The summed E-state index contributed by atoms with van der Waals surface area (Å²) in [6, 6.07) is 5.57. The van der Waals surface area contributed by atoms with Crippen molar-refractivity contribution in [2.24, 2.45) is 0 Å². The van der Waals surface area contributed by atoms with Gasteiger partial charge in [-0.3, -0.25) is 0 Å². The number of carboxylic acid groups (broad SMARTS) is 1. The summed E-state index contributed by atoms with van der Waals surface area (Å²) in [4.78, 5) is 22.1. The standard InChI is InChI=1S/C14H14O4/c1-2-3-4-5-10-18-14(17)12-8-6-11(7-9-12)13(15)16/h6-9H,2-3,10H2,1H3,(H,15,16). The highest BCUT2D eigenvalue weighted by molar-refractivity contribution is 5.92. The predicted octanol–water partition coefficient (Wildman–Crippen LogP) is 2.35. The zero-order valence-corrected chi connectivity index (χ0v) is 10.1. The average molecular weight is 246 g/mol. The molecule has 0 fully saturated rings. The Kier molecular flexibility index (Phi) is 5.46. The van der Waals surface area contributed by atoms with E-state index < -0.39 is 11.9 Å². The summed E-state index contributed by atoms with van der Waals surface area (Å²) in [7, 11) is 0. The Labute approximate surface area is 106 Å². The largest absolute Gasteiger partial charge is 0.478 e. The molecule has 18 heavy (non-hydrogen) atoms. The molecule has 0 saturated heterocycles. The van der Waals surface area contributed by atoms with Crippen molar-refractivity contribution in [1.29, 1.82) is 0 Å². The molecule has 1 aromatic carbocycles. The fraction of sp³-hybridized carbons (Fsp3) is 0.286. The number of carboxylic acids is 1. The monoisotopic (exact) mass is 246 g/mol. The van der Waals surface area contributed by atoms with E-state index in [4.69, 9.17) is 9.84 Å². The molecule has 0 aromatic heterocycles. The smallest absolute Gasteiger partial charge is 0.339 e. The number of benzene rings is 1. The summed E-state index contributed by atoms with van der Waals surface area (Å²) in [5, 5.41) is 8.70. The zero-order chi connectivity index (χ0) is 13.4. The van der Waals surface area contributed by atoms with Gasteiger partial charge in [0.05, 0.1) is 11.1 Å². The SMILES string of the molecule is CCCC#CCOC(=O)c1ccc(C(=O)O)cc1. The van der Waals surface area contributed by atoms with Crippen LogP contribution in [-0.4, -0.2) is 23.7 Å². The average Bonchev–Trinajstić information content (AvgIpc) is 2.38. The Morgan fingerprint density at radius 2 is 1.78 bits per heavy atom. The summed E-state index contributed by atoms with van der Waals surface area (Å²) in [6.45, 7) is 2.07. The third kappa shape index (κ3) is 4.30. The lowest BCUT2D eigenvalue weighted by atomic mass is 10.1. The normalized spacial score (nSPS) is 9.17. The van der Waals surface area contributed by atoms with Gasteiger partial charge in [0.15, 0.2) is 6.61 Å². The summed E-state index contributed by atoms with van der Waals surface area (Å²) in [5.41, 5.74) is 0.451. The van der Waals surface area contributed by atoms with E-state index in [9.17, 15) is 9.59 Å². The van der Waals surface area contributed by atoms with Gasteiger partial charge < -0.3 is 9.84 Å². The van der Waals surface area contributed by atoms with Crippen LogP contribution in [-0.2, 0) is 4.74 Å². The summed E-state index contributed by atoms with van der Waals surface area (Å²) < 4.78 is 4.92. The molecule has 0 radical (unpaired) electrons. The predicted molar refractivity (Wildman–Crippen MR) is 66.4 cm³/mol. The Morgan fingerprint density at radius 3 is 2.33 bits per heavy atom. The molecule has 1 N–H and O–H groups in total. The van der Waals surface area contributed by atoms with Gasteiger partial charge in [0, 0.05) is 6.42 Å². The van der Waals surface area contributed by atoms with E-state index in [1.807, 2.05) is 6.92 Å². The van der Waals surface area contributed by atoms with Crippen molar-refractivity contribution in [3.8, 4) is 11.8 Å². The molecule has 0 aliphatic rings. The number of aromatic carboxylic acids is 1. The van der Waals surface area contributed by atoms with E-state index in [1.54, 1.807) is 0 Å². The second kappa shape index (κ2) is 7.13. The number of carbonyl (C=O) groups excluding carboxylic acids is 1. The van der Waals surface area contributed by atoms with Crippen LogP contribution in [0.25, 0.3) is 0 Å². The Bertz CT molecular complexity index is 477. The molecule has 4 nitrogen and oxygen atoms in total. The molecular formula is C14H14O4. The lowest BCUT2D eigenvalue weighted by molar-refractivity contribution is 0.0555. The van der Waals surface area contributed by atoms with Crippen LogP contribution in [0.5, 0.6) is 0 Å². The minimum atomic E-state index is -1.03. The van der Waals surface area contributed by atoms with Crippen molar-refractivity contribution >= 4 is 11.9 Å². The van der Waals surface area contributed by atoms with Crippen LogP contribution in [0.1, 0.15) is 40.5 Å². The number of unbranched alkanes of at least 4 members (excludes halogenated alkanes) is 1. The van der Waals surface area contributed by atoms with Gasteiger partial charge in [-0.2, -0.15) is 0 Å². The third-order valence-electron chi connectivity index (χ3n) is 2.14. The molecule has 0 aliphatic carbocycles. The fourth-order valence-electron chi connectivity index (χ4n) is 1.20. The molecule has 0 spiro atoms. The maximum absolute atomic E-state index is 11.5. The van der Waals surface area contributed by atoms with E-state index in [0.29, 0.717) is 5.56 Å². The molecule has 0 bridgehead atoms. The van der Waals surface area contributed by atoms with Crippen LogP contribution in [0.15, 0.2) is 24.3 Å². The molecule has 0 heterocycles. The topological polar surface area (TPSA) is 63.6 Å². The number of rotatable bonds is 4. The summed E-state index contributed by atoms with van der Waals surface area (Å²) in [6.07, 6.45) is 1.75. The van der Waals surface area contributed by atoms with E-state index in [0.717, 1.165) is 12.8 Å². The molecule has 1 aromatic rings. The number of hydrogen-bond donors (Lipinski definition) is 1. The number of ether oxygens (including phenoxy) is 1. The van der Waals surface area contributed by atoms with E-state index in [2.05, 4.69) is 11.8 Å². The second-order valence-corrected chi connectivity index (χ2v) is 3.56.